The molecular formula is C15H26N2S. The van der Waals surface area contributed by atoms with Crippen molar-refractivity contribution in [2.45, 2.75) is 71.3 Å². The third kappa shape index (κ3) is 4.36. The summed E-state index contributed by atoms with van der Waals surface area (Å²) < 4.78 is 0. The molecule has 1 aliphatic carbocycles. The van der Waals surface area contributed by atoms with E-state index in [4.69, 9.17) is 0 Å². The SMILES string of the molecule is Cc1nc(CCNC2CCCCCCC2)sc1C. The fourth-order valence-electron chi connectivity index (χ4n) is 2.69. The van der Waals surface area contributed by atoms with Crippen molar-refractivity contribution in [1.82, 2.24) is 10.3 Å². The Hall–Kier alpha value is -0.410. The Bertz CT molecular complexity index is 332. The van der Waals surface area contributed by atoms with Crippen molar-refractivity contribution >= 4 is 11.3 Å². The Labute approximate surface area is 115 Å². The van der Waals surface area contributed by atoms with Crippen LogP contribution < -0.4 is 5.32 Å². The lowest BCUT2D eigenvalue weighted by Gasteiger charge is -2.20. The molecule has 0 saturated heterocycles. The van der Waals surface area contributed by atoms with E-state index in [-0.39, 0.29) is 0 Å². The molecule has 0 bridgehead atoms. The van der Waals surface area contributed by atoms with Crippen LogP contribution in [0.1, 0.15) is 60.5 Å². The van der Waals surface area contributed by atoms with E-state index >= 15 is 0 Å². The van der Waals surface area contributed by atoms with Gasteiger partial charge in [0.1, 0.15) is 0 Å². The first-order valence-electron chi connectivity index (χ1n) is 7.42. The molecule has 1 aromatic rings. The Morgan fingerprint density at radius 1 is 1.11 bits per heavy atom. The molecule has 0 amide bonds. The summed E-state index contributed by atoms with van der Waals surface area (Å²) in [6.45, 7) is 5.37. The van der Waals surface area contributed by atoms with E-state index in [1.54, 1.807) is 0 Å². The minimum absolute atomic E-state index is 0.757. The van der Waals surface area contributed by atoms with Crippen LogP contribution in [0.2, 0.25) is 0 Å². The van der Waals surface area contributed by atoms with Gasteiger partial charge in [0.15, 0.2) is 0 Å². The Kier molecular flexibility index (Phi) is 5.64. The third-order valence-corrected chi connectivity index (χ3v) is 5.08. The van der Waals surface area contributed by atoms with Gasteiger partial charge in [-0.05, 0) is 26.7 Å². The second-order valence-electron chi connectivity index (χ2n) is 5.50. The number of nitrogens with zero attached hydrogens (tertiary/aromatic N) is 1. The molecule has 3 heteroatoms. The fraction of sp³-hybridized carbons (Fsp3) is 0.800. The maximum absolute atomic E-state index is 4.60. The summed E-state index contributed by atoms with van der Waals surface area (Å²) in [6.07, 6.45) is 11.0. The van der Waals surface area contributed by atoms with Crippen LogP contribution in [-0.2, 0) is 6.42 Å². The first-order valence-corrected chi connectivity index (χ1v) is 8.23. The standard InChI is InChI=1S/C15H26N2S/c1-12-13(2)18-15(17-12)10-11-16-14-8-6-4-3-5-7-9-14/h14,16H,3-11H2,1-2H3. The molecule has 0 atom stereocenters. The van der Waals surface area contributed by atoms with Crippen LogP contribution in [0.3, 0.4) is 0 Å². The zero-order valence-corrected chi connectivity index (χ0v) is 12.6. The second-order valence-corrected chi connectivity index (χ2v) is 6.78. The van der Waals surface area contributed by atoms with E-state index in [1.165, 1.54) is 60.5 Å². The third-order valence-electron chi connectivity index (χ3n) is 3.95. The lowest BCUT2D eigenvalue weighted by atomic mass is 9.97. The van der Waals surface area contributed by atoms with Crippen molar-refractivity contribution in [1.29, 1.82) is 0 Å². The van der Waals surface area contributed by atoms with Gasteiger partial charge in [0, 0.05) is 23.9 Å². The predicted octanol–water partition coefficient (Wildman–Crippen LogP) is 4.00. The van der Waals surface area contributed by atoms with Gasteiger partial charge in [-0.3, -0.25) is 0 Å². The number of hydrogen-bond donors (Lipinski definition) is 1. The van der Waals surface area contributed by atoms with Gasteiger partial charge in [0.25, 0.3) is 0 Å². The lowest BCUT2D eigenvalue weighted by molar-refractivity contribution is 0.392. The van der Waals surface area contributed by atoms with Crippen LogP contribution >= 0.6 is 11.3 Å². The molecule has 0 spiro atoms. The zero-order valence-electron chi connectivity index (χ0n) is 11.8. The molecule has 1 aromatic heterocycles. The number of aryl methyl sites for hydroxylation is 2. The van der Waals surface area contributed by atoms with Crippen molar-refractivity contribution in [2.75, 3.05) is 6.54 Å². The van der Waals surface area contributed by atoms with E-state index in [0.717, 1.165) is 19.0 Å². The normalized spacial score (nSPS) is 18.6. The molecule has 1 fully saturated rings. The summed E-state index contributed by atoms with van der Waals surface area (Å²) >= 11 is 1.86. The number of hydrogen-bond acceptors (Lipinski definition) is 3. The highest BCUT2D eigenvalue weighted by Crippen LogP contribution is 2.18. The molecule has 1 N–H and O–H groups in total. The zero-order chi connectivity index (χ0) is 12.8. The van der Waals surface area contributed by atoms with Crippen molar-refractivity contribution in [3.63, 3.8) is 0 Å². The van der Waals surface area contributed by atoms with Gasteiger partial charge >= 0.3 is 0 Å². The minimum atomic E-state index is 0.757. The number of aromatic nitrogens is 1. The molecule has 0 aromatic carbocycles. The molecule has 18 heavy (non-hydrogen) atoms. The maximum atomic E-state index is 4.60. The second kappa shape index (κ2) is 7.25. The van der Waals surface area contributed by atoms with Crippen LogP contribution in [0.4, 0.5) is 0 Å². The van der Waals surface area contributed by atoms with Crippen LogP contribution in [0, 0.1) is 13.8 Å². The van der Waals surface area contributed by atoms with Gasteiger partial charge in [0.05, 0.1) is 10.7 Å². The van der Waals surface area contributed by atoms with E-state index in [1.807, 2.05) is 11.3 Å². The minimum Gasteiger partial charge on any atom is -0.314 e. The molecule has 1 heterocycles. The topological polar surface area (TPSA) is 24.9 Å². The van der Waals surface area contributed by atoms with Gasteiger partial charge in [-0.1, -0.05) is 32.1 Å². The fourth-order valence-corrected chi connectivity index (χ4v) is 3.62. The summed E-state index contributed by atoms with van der Waals surface area (Å²) in [6, 6.07) is 0.757. The maximum Gasteiger partial charge on any atom is 0.0943 e. The van der Waals surface area contributed by atoms with Gasteiger partial charge in [-0.25, -0.2) is 4.98 Å². The van der Waals surface area contributed by atoms with Gasteiger partial charge in [0.2, 0.25) is 0 Å². The smallest absolute Gasteiger partial charge is 0.0943 e. The summed E-state index contributed by atoms with van der Waals surface area (Å²) in [7, 11) is 0. The molecule has 2 nitrogen and oxygen atoms in total. The number of rotatable bonds is 4. The molecule has 102 valence electrons. The van der Waals surface area contributed by atoms with Crippen LogP contribution in [0.15, 0.2) is 0 Å². The highest BCUT2D eigenvalue weighted by atomic mass is 32.1. The Morgan fingerprint density at radius 3 is 2.39 bits per heavy atom. The van der Waals surface area contributed by atoms with Crippen molar-refractivity contribution in [3.8, 4) is 0 Å². The highest BCUT2D eigenvalue weighted by Gasteiger charge is 2.11. The average molecular weight is 266 g/mol. The molecule has 0 radical (unpaired) electrons. The van der Waals surface area contributed by atoms with E-state index in [2.05, 4.69) is 24.1 Å². The highest BCUT2D eigenvalue weighted by molar-refractivity contribution is 7.11. The molecule has 1 aliphatic rings. The van der Waals surface area contributed by atoms with Gasteiger partial charge in [-0.15, -0.1) is 11.3 Å². The lowest BCUT2D eigenvalue weighted by Crippen LogP contribution is -2.31. The van der Waals surface area contributed by atoms with Crippen molar-refractivity contribution in [2.24, 2.45) is 0 Å². The van der Waals surface area contributed by atoms with Gasteiger partial charge in [-0.2, -0.15) is 0 Å². The van der Waals surface area contributed by atoms with Crippen molar-refractivity contribution in [3.05, 3.63) is 15.6 Å². The predicted molar refractivity (Wildman–Crippen MR) is 79.4 cm³/mol. The van der Waals surface area contributed by atoms with Crippen LogP contribution in [0.5, 0.6) is 0 Å². The van der Waals surface area contributed by atoms with E-state index in [9.17, 15) is 0 Å². The summed E-state index contributed by atoms with van der Waals surface area (Å²) in [5.74, 6) is 0. The number of thiazole rings is 1. The van der Waals surface area contributed by atoms with Gasteiger partial charge < -0.3 is 5.32 Å². The average Bonchev–Trinajstić information content (AvgIpc) is 2.61. The van der Waals surface area contributed by atoms with E-state index < -0.39 is 0 Å². The first kappa shape index (κ1) is 14.0. The summed E-state index contributed by atoms with van der Waals surface area (Å²) in [4.78, 5) is 5.98. The van der Waals surface area contributed by atoms with Crippen LogP contribution in [0.25, 0.3) is 0 Å². The molecule has 0 aliphatic heterocycles. The van der Waals surface area contributed by atoms with E-state index in [0.29, 0.717) is 0 Å². The monoisotopic (exact) mass is 266 g/mol. The molecule has 2 rings (SSSR count). The summed E-state index contributed by atoms with van der Waals surface area (Å²) in [5.41, 5.74) is 1.21. The first-order chi connectivity index (χ1) is 8.75. The Morgan fingerprint density at radius 2 is 1.78 bits per heavy atom. The molecule has 0 unspecified atom stereocenters. The number of nitrogens with one attached hydrogen (secondary N) is 1. The van der Waals surface area contributed by atoms with Crippen LogP contribution in [-0.4, -0.2) is 17.6 Å². The molecule has 1 saturated carbocycles. The van der Waals surface area contributed by atoms with Crippen molar-refractivity contribution < 1.29 is 0 Å². The molecular weight excluding hydrogens is 240 g/mol. The summed E-state index contributed by atoms with van der Waals surface area (Å²) in [5, 5.41) is 5.03. The quantitative estimate of drug-likeness (QED) is 0.891. The largest absolute Gasteiger partial charge is 0.314 e. The Balaban J connectivity index is 1.70.